The van der Waals surface area contributed by atoms with E-state index in [0.29, 0.717) is 13.0 Å². The molecule has 3 rings (SSSR count). The van der Waals surface area contributed by atoms with E-state index >= 15 is 0 Å². The molecule has 2 fully saturated rings. The fourth-order valence-corrected chi connectivity index (χ4v) is 3.81. The summed E-state index contributed by atoms with van der Waals surface area (Å²) in [6.45, 7) is 7.03. The zero-order valence-corrected chi connectivity index (χ0v) is 14.8. The summed E-state index contributed by atoms with van der Waals surface area (Å²) in [5.41, 5.74) is 1.06. The summed E-state index contributed by atoms with van der Waals surface area (Å²) >= 11 is 0. The van der Waals surface area contributed by atoms with Crippen LogP contribution in [-0.2, 0) is 11.3 Å². The zero-order chi connectivity index (χ0) is 16.8. The first-order chi connectivity index (χ1) is 11.8. The molecule has 1 aromatic heterocycles. The molecule has 1 aliphatic heterocycles. The van der Waals surface area contributed by atoms with Gasteiger partial charge in [-0.25, -0.2) is 4.98 Å². The molecule has 1 aliphatic carbocycles. The van der Waals surface area contributed by atoms with E-state index in [1.807, 2.05) is 13.1 Å². The van der Waals surface area contributed by atoms with Gasteiger partial charge in [-0.3, -0.25) is 9.69 Å². The molecular formula is C19H30N4O. The van der Waals surface area contributed by atoms with E-state index in [4.69, 9.17) is 0 Å². The van der Waals surface area contributed by atoms with Gasteiger partial charge in [0.05, 0.1) is 0 Å². The van der Waals surface area contributed by atoms with Gasteiger partial charge in [0.15, 0.2) is 0 Å². The lowest BCUT2D eigenvalue weighted by Gasteiger charge is -2.38. The average molecular weight is 330 g/mol. The Bertz CT molecular complexity index is 517. The van der Waals surface area contributed by atoms with Gasteiger partial charge in [0, 0.05) is 51.4 Å². The number of amides is 1. The van der Waals surface area contributed by atoms with Gasteiger partial charge in [-0.15, -0.1) is 0 Å². The third-order valence-electron chi connectivity index (χ3n) is 5.26. The van der Waals surface area contributed by atoms with Crippen molar-refractivity contribution >= 4 is 11.7 Å². The molecule has 5 nitrogen and oxygen atoms in total. The minimum absolute atomic E-state index is 0.115. The molecule has 1 N–H and O–H groups in total. The van der Waals surface area contributed by atoms with Crippen molar-refractivity contribution in [1.82, 2.24) is 15.2 Å². The SMILES string of the molecule is CCCC(=O)NCc1ccc(N2CCN(C3CCCC3)CC2)nc1. The Morgan fingerprint density at radius 1 is 1.21 bits per heavy atom. The molecule has 1 aromatic rings. The van der Waals surface area contributed by atoms with Crippen molar-refractivity contribution in [2.45, 2.75) is 58.0 Å². The first-order valence-corrected chi connectivity index (χ1v) is 9.47. The fourth-order valence-electron chi connectivity index (χ4n) is 3.81. The number of piperazine rings is 1. The monoisotopic (exact) mass is 330 g/mol. The number of carbonyl (C=O) groups excluding carboxylic acids is 1. The van der Waals surface area contributed by atoms with Gasteiger partial charge in [0.1, 0.15) is 5.82 Å². The molecule has 1 amide bonds. The van der Waals surface area contributed by atoms with Crippen molar-refractivity contribution in [2.24, 2.45) is 0 Å². The maximum absolute atomic E-state index is 11.5. The lowest BCUT2D eigenvalue weighted by atomic mass is 10.2. The van der Waals surface area contributed by atoms with Crippen LogP contribution in [0.2, 0.25) is 0 Å². The summed E-state index contributed by atoms with van der Waals surface area (Å²) in [6.07, 6.45) is 8.95. The first-order valence-electron chi connectivity index (χ1n) is 9.47. The molecule has 0 unspecified atom stereocenters. The molecule has 0 spiro atoms. The molecule has 24 heavy (non-hydrogen) atoms. The number of hydrogen-bond acceptors (Lipinski definition) is 4. The summed E-state index contributed by atoms with van der Waals surface area (Å²) in [7, 11) is 0. The molecule has 1 saturated carbocycles. The number of hydrogen-bond donors (Lipinski definition) is 1. The minimum Gasteiger partial charge on any atom is -0.354 e. The molecule has 0 aromatic carbocycles. The Hall–Kier alpha value is -1.62. The van der Waals surface area contributed by atoms with Crippen LogP contribution in [-0.4, -0.2) is 48.0 Å². The van der Waals surface area contributed by atoms with E-state index in [2.05, 4.69) is 32.2 Å². The van der Waals surface area contributed by atoms with Crippen LogP contribution in [0.4, 0.5) is 5.82 Å². The molecule has 0 radical (unpaired) electrons. The first kappa shape index (κ1) is 17.2. The van der Waals surface area contributed by atoms with Gasteiger partial charge in [-0.05, 0) is 30.9 Å². The maximum Gasteiger partial charge on any atom is 0.220 e. The van der Waals surface area contributed by atoms with Crippen LogP contribution in [0.25, 0.3) is 0 Å². The van der Waals surface area contributed by atoms with E-state index in [0.717, 1.165) is 50.0 Å². The highest BCUT2D eigenvalue weighted by Gasteiger charge is 2.26. The van der Waals surface area contributed by atoms with Crippen LogP contribution in [0.1, 0.15) is 51.0 Å². The third-order valence-corrected chi connectivity index (χ3v) is 5.26. The second-order valence-corrected chi connectivity index (χ2v) is 7.01. The molecular weight excluding hydrogens is 300 g/mol. The van der Waals surface area contributed by atoms with Gasteiger partial charge in [0.25, 0.3) is 0 Å². The van der Waals surface area contributed by atoms with Crippen LogP contribution in [0.5, 0.6) is 0 Å². The van der Waals surface area contributed by atoms with E-state index in [1.165, 1.54) is 25.7 Å². The number of rotatable bonds is 6. The highest BCUT2D eigenvalue weighted by atomic mass is 16.1. The van der Waals surface area contributed by atoms with Crippen molar-refractivity contribution in [3.63, 3.8) is 0 Å². The van der Waals surface area contributed by atoms with Crippen molar-refractivity contribution in [3.8, 4) is 0 Å². The van der Waals surface area contributed by atoms with Gasteiger partial charge in [-0.1, -0.05) is 25.8 Å². The number of nitrogens with one attached hydrogen (secondary N) is 1. The Kier molecular flexibility index (Phi) is 6.07. The summed E-state index contributed by atoms with van der Waals surface area (Å²) in [5.74, 6) is 1.18. The van der Waals surface area contributed by atoms with E-state index in [-0.39, 0.29) is 5.91 Å². The maximum atomic E-state index is 11.5. The number of nitrogens with zero attached hydrogens (tertiary/aromatic N) is 3. The normalized spacial score (nSPS) is 19.6. The second-order valence-electron chi connectivity index (χ2n) is 7.01. The smallest absolute Gasteiger partial charge is 0.220 e. The largest absolute Gasteiger partial charge is 0.354 e. The predicted molar refractivity (Wildman–Crippen MR) is 97.0 cm³/mol. The van der Waals surface area contributed by atoms with Gasteiger partial charge in [-0.2, -0.15) is 0 Å². The van der Waals surface area contributed by atoms with E-state index in [1.54, 1.807) is 0 Å². The standard InChI is InChI=1S/C19H30N4O/c1-2-5-19(24)21-15-16-8-9-18(20-14-16)23-12-10-22(11-13-23)17-6-3-4-7-17/h8-9,14,17H,2-7,10-13,15H2,1H3,(H,21,24). The van der Waals surface area contributed by atoms with Gasteiger partial charge < -0.3 is 10.2 Å². The fraction of sp³-hybridized carbons (Fsp3) is 0.684. The summed E-state index contributed by atoms with van der Waals surface area (Å²) in [4.78, 5) is 21.2. The molecule has 0 bridgehead atoms. The van der Waals surface area contributed by atoms with Crippen LogP contribution >= 0.6 is 0 Å². The Morgan fingerprint density at radius 2 is 1.96 bits per heavy atom. The minimum atomic E-state index is 0.115. The quantitative estimate of drug-likeness (QED) is 0.871. The summed E-state index contributed by atoms with van der Waals surface area (Å²) in [6, 6.07) is 5.00. The Morgan fingerprint density at radius 3 is 2.58 bits per heavy atom. The van der Waals surface area contributed by atoms with E-state index in [9.17, 15) is 4.79 Å². The molecule has 2 heterocycles. The second kappa shape index (κ2) is 8.47. The molecule has 5 heteroatoms. The summed E-state index contributed by atoms with van der Waals surface area (Å²) < 4.78 is 0. The lowest BCUT2D eigenvalue weighted by Crippen LogP contribution is -2.50. The van der Waals surface area contributed by atoms with Crippen molar-refractivity contribution in [3.05, 3.63) is 23.9 Å². The topological polar surface area (TPSA) is 48.5 Å². The van der Waals surface area contributed by atoms with Crippen molar-refractivity contribution in [1.29, 1.82) is 0 Å². The van der Waals surface area contributed by atoms with Crippen LogP contribution in [0.3, 0.4) is 0 Å². The van der Waals surface area contributed by atoms with Gasteiger partial charge in [0.2, 0.25) is 5.91 Å². The van der Waals surface area contributed by atoms with Gasteiger partial charge >= 0.3 is 0 Å². The average Bonchev–Trinajstić information content (AvgIpc) is 3.16. The molecule has 132 valence electrons. The van der Waals surface area contributed by atoms with Crippen LogP contribution in [0, 0.1) is 0 Å². The highest BCUT2D eigenvalue weighted by Crippen LogP contribution is 2.25. The number of anilines is 1. The Labute approximate surface area is 145 Å². The van der Waals surface area contributed by atoms with Crippen LogP contribution < -0.4 is 10.2 Å². The number of aromatic nitrogens is 1. The molecule has 0 atom stereocenters. The van der Waals surface area contributed by atoms with Crippen molar-refractivity contribution < 1.29 is 4.79 Å². The lowest BCUT2D eigenvalue weighted by molar-refractivity contribution is -0.121. The molecule has 2 aliphatic rings. The van der Waals surface area contributed by atoms with Crippen LogP contribution in [0.15, 0.2) is 18.3 Å². The van der Waals surface area contributed by atoms with Crippen molar-refractivity contribution in [2.75, 3.05) is 31.1 Å². The predicted octanol–water partition coefficient (Wildman–Crippen LogP) is 2.56. The highest BCUT2D eigenvalue weighted by molar-refractivity contribution is 5.75. The number of carbonyl (C=O) groups is 1. The number of pyridine rings is 1. The summed E-state index contributed by atoms with van der Waals surface area (Å²) in [5, 5.41) is 2.94. The molecule has 1 saturated heterocycles. The zero-order valence-electron chi connectivity index (χ0n) is 14.8. The van der Waals surface area contributed by atoms with E-state index < -0.39 is 0 Å². The third kappa shape index (κ3) is 4.47. The Balaban J connectivity index is 1.46.